The van der Waals surface area contributed by atoms with Crippen molar-refractivity contribution >= 4 is 45.5 Å². The number of nitrogens with one attached hydrogen (secondary N) is 2. The van der Waals surface area contributed by atoms with Crippen LogP contribution in [0.5, 0.6) is 0 Å². The van der Waals surface area contributed by atoms with Gasteiger partial charge in [0, 0.05) is 19.3 Å². The van der Waals surface area contributed by atoms with Crippen LogP contribution in [0.2, 0.25) is 10.0 Å². The first-order valence-corrected chi connectivity index (χ1v) is 12.0. The molecule has 1 amide bonds. The third kappa shape index (κ3) is 7.58. The highest BCUT2D eigenvalue weighted by Crippen LogP contribution is 2.29. The maximum absolute atomic E-state index is 12.9. The molecule has 0 saturated heterocycles. The topological polar surface area (TPSA) is 90.9 Å². The smallest absolute Gasteiger partial charge is 0.245 e. The third-order valence-electron chi connectivity index (χ3n) is 4.36. The van der Waals surface area contributed by atoms with Gasteiger partial charge in [-0.25, -0.2) is 13.4 Å². The van der Waals surface area contributed by atoms with Crippen LogP contribution in [0, 0.1) is 5.92 Å². The molecule has 2 unspecified atom stereocenters. The summed E-state index contributed by atoms with van der Waals surface area (Å²) in [6, 6.07) is 4.49. The van der Waals surface area contributed by atoms with Gasteiger partial charge in [0.2, 0.25) is 15.9 Å². The Morgan fingerprint density at radius 2 is 1.83 bits per heavy atom. The van der Waals surface area contributed by atoms with E-state index in [0.29, 0.717) is 0 Å². The summed E-state index contributed by atoms with van der Waals surface area (Å²) < 4.78 is 28.4. The second-order valence-electron chi connectivity index (χ2n) is 6.76. The molecule has 0 aliphatic rings. The molecule has 0 saturated carbocycles. The summed E-state index contributed by atoms with van der Waals surface area (Å²) in [6.07, 6.45) is 4.42. The van der Waals surface area contributed by atoms with Gasteiger partial charge in [-0.1, -0.05) is 56.1 Å². The quantitative estimate of drug-likeness (QED) is 0.286. The van der Waals surface area contributed by atoms with E-state index in [4.69, 9.17) is 23.2 Å². The van der Waals surface area contributed by atoms with E-state index in [0.717, 1.165) is 18.5 Å². The van der Waals surface area contributed by atoms with Gasteiger partial charge in [-0.3, -0.25) is 4.79 Å². The number of carbonyl (C=O) groups excluding carboxylic acids is 1. The van der Waals surface area contributed by atoms with E-state index < -0.39 is 22.1 Å². The Bertz CT molecular complexity index is 868. The van der Waals surface area contributed by atoms with Gasteiger partial charge in [0.1, 0.15) is 4.90 Å². The van der Waals surface area contributed by atoms with Crippen molar-refractivity contribution in [1.29, 1.82) is 0 Å². The number of sulfonamides is 1. The van der Waals surface area contributed by atoms with Gasteiger partial charge in [0.05, 0.1) is 28.5 Å². The van der Waals surface area contributed by atoms with E-state index in [2.05, 4.69) is 15.0 Å². The summed E-state index contributed by atoms with van der Waals surface area (Å²) in [6.45, 7) is 7.68. The first kappa shape index (κ1) is 26.4. The Balaban J connectivity index is 3.20. The van der Waals surface area contributed by atoms with Gasteiger partial charge in [-0.2, -0.15) is 4.72 Å². The van der Waals surface area contributed by atoms with E-state index in [1.54, 1.807) is 38.2 Å². The Kier molecular flexibility index (Phi) is 10.8. The highest BCUT2D eigenvalue weighted by molar-refractivity contribution is 7.89. The van der Waals surface area contributed by atoms with E-state index in [-0.39, 0.29) is 27.4 Å². The van der Waals surface area contributed by atoms with Crippen LogP contribution in [0.3, 0.4) is 0 Å². The number of hydrogen-bond acceptors (Lipinski definition) is 4. The molecular formula is C20H30Cl2N4O3S. The molecule has 0 aliphatic carbocycles. The molecule has 168 valence electrons. The largest absolute Gasteiger partial charge is 0.359 e. The highest BCUT2D eigenvalue weighted by Gasteiger charge is 2.26. The van der Waals surface area contributed by atoms with Crippen molar-refractivity contribution in [1.82, 2.24) is 14.9 Å². The van der Waals surface area contributed by atoms with Crippen LogP contribution < -0.4 is 10.0 Å². The Morgan fingerprint density at radius 3 is 2.33 bits per heavy atom. The van der Waals surface area contributed by atoms with Gasteiger partial charge in [0.25, 0.3) is 0 Å². The predicted octanol–water partition coefficient (Wildman–Crippen LogP) is 4.03. The predicted molar refractivity (Wildman–Crippen MR) is 123 cm³/mol. The van der Waals surface area contributed by atoms with Crippen LogP contribution in [-0.2, 0) is 14.8 Å². The van der Waals surface area contributed by atoms with Gasteiger partial charge >= 0.3 is 0 Å². The lowest BCUT2D eigenvalue weighted by atomic mass is 10.1. The van der Waals surface area contributed by atoms with Crippen molar-refractivity contribution in [2.75, 3.05) is 13.6 Å². The maximum Gasteiger partial charge on any atom is 0.245 e. The molecule has 2 N–H and O–H groups in total. The number of allylic oxidation sites excluding steroid dienone is 2. The fourth-order valence-corrected chi connectivity index (χ4v) is 5.07. The van der Waals surface area contributed by atoms with Crippen molar-refractivity contribution in [2.24, 2.45) is 10.9 Å². The normalized spacial score (nSPS) is 14.6. The molecule has 0 fully saturated rings. The summed E-state index contributed by atoms with van der Waals surface area (Å²) in [7, 11) is -2.46. The molecule has 0 aromatic heterocycles. The van der Waals surface area contributed by atoms with Crippen molar-refractivity contribution in [3.05, 3.63) is 40.0 Å². The lowest BCUT2D eigenvalue weighted by Gasteiger charge is -2.30. The van der Waals surface area contributed by atoms with Crippen molar-refractivity contribution in [3.8, 4) is 0 Å². The van der Waals surface area contributed by atoms with Crippen LogP contribution in [0.1, 0.15) is 40.5 Å². The number of rotatable bonds is 11. The van der Waals surface area contributed by atoms with E-state index in [1.165, 1.54) is 12.1 Å². The van der Waals surface area contributed by atoms with Crippen LogP contribution in [0.4, 0.5) is 0 Å². The van der Waals surface area contributed by atoms with E-state index in [9.17, 15) is 13.2 Å². The molecule has 0 heterocycles. The highest BCUT2D eigenvalue weighted by atomic mass is 35.5. The zero-order valence-corrected chi connectivity index (χ0v) is 20.3. The molecular weight excluding hydrogens is 447 g/mol. The summed E-state index contributed by atoms with van der Waals surface area (Å²) in [5, 5.41) is 2.66. The lowest BCUT2D eigenvalue weighted by molar-refractivity contribution is -0.124. The molecule has 0 bridgehead atoms. The standard InChI is InChI=1S/C20H30Cl2N4O3S/c1-6-9-16(7-2)24-13-26(12-14(3)20(27)23-5)15(4)25-30(28,29)19-17(21)10-8-11-18(19)22/h8-11,13-15,25H,6-7,12H2,1-5H3,(H,23,27)/b16-9+,24-13?. The first-order valence-electron chi connectivity index (χ1n) is 9.74. The zero-order valence-electron chi connectivity index (χ0n) is 17.9. The molecule has 7 nitrogen and oxygen atoms in total. The second-order valence-corrected chi connectivity index (χ2v) is 9.23. The fourth-order valence-electron chi connectivity index (χ4n) is 2.71. The average molecular weight is 477 g/mol. The van der Waals surface area contributed by atoms with Gasteiger partial charge in [-0.15, -0.1) is 0 Å². The lowest BCUT2D eigenvalue weighted by Crippen LogP contribution is -2.48. The SMILES string of the molecule is CC/C=C(\CC)N=CN(CC(C)C(=O)NC)C(C)NS(=O)(=O)c1c(Cl)cccc1Cl. The Hall–Kier alpha value is -1.61. The maximum atomic E-state index is 12.9. The number of hydrogen-bond donors (Lipinski definition) is 2. The molecule has 2 atom stereocenters. The minimum absolute atomic E-state index is 0.0281. The molecule has 1 rings (SSSR count). The van der Waals surface area contributed by atoms with Gasteiger partial charge in [-0.05, 0) is 31.9 Å². The second kappa shape index (κ2) is 12.3. The van der Waals surface area contributed by atoms with Crippen molar-refractivity contribution in [2.45, 2.75) is 51.6 Å². The summed E-state index contributed by atoms with van der Waals surface area (Å²) >= 11 is 12.1. The first-order chi connectivity index (χ1) is 14.1. The van der Waals surface area contributed by atoms with E-state index in [1.807, 2.05) is 19.9 Å². The Labute approximate surface area is 189 Å². The number of halogens is 2. The van der Waals surface area contributed by atoms with E-state index >= 15 is 0 Å². The molecule has 0 radical (unpaired) electrons. The molecule has 1 aromatic carbocycles. The number of amides is 1. The van der Waals surface area contributed by atoms with Gasteiger partial charge < -0.3 is 10.2 Å². The summed E-state index contributed by atoms with van der Waals surface area (Å²) in [4.78, 5) is 18.0. The summed E-state index contributed by atoms with van der Waals surface area (Å²) in [5.74, 6) is -0.546. The molecule has 0 spiro atoms. The molecule has 10 heteroatoms. The monoisotopic (exact) mass is 476 g/mol. The van der Waals surface area contributed by atoms with Crippen molar-refractivity contribution in [3.63, 3.8) is 0 Å². The average Bonchev–Trinajstić information content (AvgIpc) is 2.68. The summed E-state index contributed by atoms with van der Waals surface area (Å²) in [5.41, 5.74) is 0.874. The van der Waals surface area contributed by atoms with Crippen LogP contribution in [0.15, 0.2) is 39.9 Å². The Morgan fingerprint density at radius 1 is 1.23 bits per heavy atom. The number of nitrogens with zero attached hydrogens (tertiary/aromatic N) is 2. The van der Waals surface area contributed by atoms with Crippen LogP contribution in [-0.4, -0.2) is 45.3 Å². The van der Waals surface area contributed by atoms with Crippen LogP contribution in [0.25, 0.3) is 0 Å². The number of aliphatic imine (C=N–C) groups is 1. The minimum atomic E-state index is -4.01. The third-order valence-corrected chi connectivity index (χ3v) is 6.85. The van der Waals surface area contributed by atoms with Gasteiger partial charge in [0.15, 0.2) is 0 Å². The fraction of sp³-hybridized carbons (Fsp3) is 0.500. The molecule has 1 aromatic rings. The molecule has 0 aliphatic heterocycles. The molecule has 30 heavy (non-hydrogen) atoms. The number of carbonyl (C=O) groups is 1. The minimum Gasteiger partial charge on any atom is -0.359 e. The number of benzene rings is 1. The van der Waals surface area contributed by atoms with Crippen molar-refractivity contribution < 1.29 is 13.2 Å². The van der Waals surface area contributed by atoms with Crippen LogP contribution >= 0.6 is 23.2 Å². The zero-order chi connectivity index (χ0) is 22.9.